The van der Waals surface area contributed by atoms with E-state index < -0.39 is 11.0 Å². The van der Waals surface area contributed by atoms with Crippen LogP contribution in [-0.4, -0.2) is 17.4 Å². The summed E-state index contributed by atoms with van der Waals surface area (Å²) in [6.07, 6.45) is 2.84. The van der Waals surface area contributed by atoms with Crippen molar-refractivity contribution >= 4 is 11.8 Å². The summed E-state index contributed by atoms with van der Waals surface area (Å²) < 4.78 is 5.46. The minimum absolute atomic E-state index is 0.149. The Kier molecular flexibility index (Phi) is 4.00. The third-order valence-electron chi connectivity index (χ3n) is 3.49. The lowest BCUT2D eigenvalue weighted by molar-refractivity contribution is -0.170. The number of esters is 1. The van der Waals surface area contributed by atoms with Crippen LogP contribution in [0.3, 0.4) is 0 Å². The fourth-order valence-electron chi connectivity index (χ4n) is 2.24. The summed E-state index contributed by atoms with van der Waals surface area (Å²) in [6, 6.07) is 0. The third kappa shape index (κ3) is 3.83. The average molecular weight is 240 g/mol. The zero-order valence-corrected chi connectivity index (χ0v) is 11.6. The van der Waals surface area contributed by atoms with Crippen LogP contribution in [0, 0.1) is 11.3 Å². The zero-order valence-electron chi connectivity index (χ0n) is 11.6. The van der Waals surface area contributed by atoms with Gasteiger partial charge in [0, 0.05) is 12.8 Å². The normalized spacial score (nSPS) is 19.2. The largest absolute Gasteiger partial charge is 0.460 e. The summed E-state index contributed by atoms with van der Waals surface area (Å²) in [7, 11) is 0. The molecule has 0 aliphatic heterocycles. The maximum Gasteiger partial charge on any atom is 0.312 e. The molecule has 0 spiro atoms. The number of ketones is 1. The summed E-state index contributed by atoms with van der Waals surface area (Å²) in [5.74, 6) is 0.431. The molecule has 0 unspecified atom stereocenters. The zero-order chi connectivity index (χ0) is 13.3. The Morgan fingerprint density at radius 3 is 2.00 bits per heavy atom. The van der Waals surface area contributed by atoms with Gasteiger partial charge < -0.3 is 4.74 Å². The molecule has 0 heterocycles. The molecule has 0 amide bonds. The van der Waals surface area contributed by atoms with E-state index in [1.54, 1.807) is 0 Å². The minimum Gasteiger partial charge on any atom is -0.460 e. The van der Waals surface area contributed by atoms with Crippen molar-refractivity contribution < 1.29 is 14.3 Å². The Morgan fingerprint density at radius 1 is 1.12 bits per heavy atom. The summed E-state index contributed by atoms with van der Waals surface area (Å²) in [5.41, 5.74) is -0.938. The van der Waals surface area contributed by atoms with E-state index in [0.717, 1.165) is 12.8 Å². The van der Waals surface area contributed by atoms with Crippen molar-refractivity contribution in [3.63, 3.8) is 0 Å². The second kappa shape index (κ2) is 4.79. The molecule has 0 aromatic heterocycles. The lowest BCUT2D eigenvalue weighted by atomic mass is 9.71. The highest BCUT2D eigenvalue weighted by Gasteiger charge is 2.41. The molecule has 0 saturated heterocycles. The van der Waals surface area contributed by atoms with Gasteiger partial charge in [0.15, 0.2) is 0 Å². The minimum atomic E-state index is -0.492. The molecule has 0 N–H and O–H groups in total. The lowest BCUT2D eigenvalue weighted by Crippen LogP contribution is -2.40. The summed E-state index contributed by atoms with van der Waals surface area (Å²) >= 11 is 0. The van der Waals surface area contributed by atoms with Crippen LogP contribution in [0.25, 0.3) is 0 Å². The predicted molar refractivity (Wildman–Crippen MR) is 66.6 cm³/mol. The van der Waals surface area contributed by atoms with Crippen LogP contribution in [0.1, 0.15) is 60.3 Å². The molecule has 1 rings (SSSR count). The number of rotatable bonds is 2. The second-order valence-electron chi connectivity index (χ2n) is 6.54. The highest BCUT2D eigenvalue weighted by Crippen LogP contribution is 2.38. The Labute approximate surface area is 104 Å². The molecular weight excluding hydrogens is 216 g/mol. The maximum atomic E-state index is 12.2. The van der Waals surface area contributed by atoms with Crippen LogP contribution in [0.4, 0.5) is 0 Å². The van der Waals surface area contributed by atoms with E-state index in [4.69, 9.17) is 4.74 Å². The van der Waals surface area contributed by atoms with Crippen molar-refractivity contribution in [2.45, 2.75) is 65.9 Å². The fourth-order valence-corrected chi connectivity index (χ4v) is 2.24. The van der Waals surface area contributed by atoms with E-state index in [2.05, 4.69) is 0 Å². The van der Waals surface area contributed by atoms with E-state index in [9.17, 15) is 9.59 Å². The molecule has 1 fully saturated rings. The fraction of sp³-hybridized carbons (Fsp3) is 0.857. The number of carbonyl (C=O) groups excluding carboxylic acids is 2. The van der Waals surface area contributed by atoms with Crippen LogP contribution < -0.4 is 0 Å². The van der Waals surface area contributed by atoms with E-state index in [0.29, 0.717) is 18.6 Å². The molecule has 3 heteroatoms. The first-order valence-corrected chi connectivity index (χ1v) is 6.38. The SMILES string of the molecule is CC(C)(C)OC(=O)C(C)(C)C1CCC(=O)CC1. The van der Waals surface area contributed by atoms with Crippen LogP contribution in [0.5, 0.6) is 0 Å². The van der Waals surface area contributed by atoms with E-state index >= 15 is 0 Å². The smallest absolute Gasteiger partial charge is 0.312 e. The molecular formula is C14H24O3. The van der Waals surface area contributed by atoms with Gasteiger partial charge in [-0.3, -0.25) is 9.59 Å². The highest BCUT2D eigenvalue weighted by molar-refractivity contribution is 5.80. The van der Waals surface area contributed by atoms with Crippen LogP contribution >= 0.6 is 0 Å². The van der Waals surface area contributed by atoms with Crippen molar-refractivity contribution in [2.75, 3.05) is 0 Å². The van der Waals surface area contributed by atoms with Gasteiger partial charge in [-0.2, -0.15) is 0 Å². The van der Waals surface area contributed by atoms with E-state index in [1.807, 2.05) is 34.6 Å². The molecule has 0 atom stereocenters. The standard InChI is InChI=1S/C14H24O3/c1-13(2,3)17-12(16)14(4,5)10-6-8-11(15)9-7-10/h10H,6-9H2,1-5H3. The number of hydrogen-bond acceptors (Lipinski definition) is 3. The van der Waals surface area contributed by atoms with Crippen molar-refractivity contribution in [3.8, 4) is 0 Å². The van der Waals surface area contributed by atoms with Crippen LogP contribution in [0.2, 0.25) is 0 Å². The third-order valence-corrected chi connectivity index (χ3v) is 3.49. The number of carbonyl (C=O) groups is 2. The summed E-state index contributed by atoms with van der Waals surface area (Å²) in [6.45, 7) is 9.51. The molecule has 1 aliphatic carbocycles. The van der Waals surface area contributed by atoms with Gasteiger partial charge in [-0.05, 0) is 53.4 Å². The molecule has 0 aromatic carbocycles. The molecule has 1 saturated carbocycles. The molecule has 0 radical (unpaired) electrons. The summed E-state index contributed by atoms with van der Waals surface area (Å²) in [4.78, 5) is 23.4. The van der Waals surface area contributed by atoms with Gasteiger partial charge in [0.2, 0.25) is 0 Å². The first-order valence-electron chi connectivity index (χ1n) is 6.38. The summed E-state index contributed by atoms with van der Waals surface area (Å²) in [5, 5.41) is 0. The van der Waals surface area contributed by atoms with Crippen LogP contribution in [0.15, 0.2) is 0 Å². The van der Waals surface area contributed by atoms with Gasteiger partial charge in [0.1, 0.15) is 11.4 Å². The Hall–Kier alpha value is -0.860. The first kappa shape index (κ1) is 14.2. The van der Waals surface area contributed by atoms with E-state index in [1.165, 1.54) is 0 Å². The first-order chi connectivity index (χ1) is 7.63. The monoisotopic (exact) mass is 240 g/mol. The predicted octanol–water partition coefficient (Wildman–Crippen LogP) is 3.11. The van der Waals surface area contributed by atoms with Crippen molar-refractivity contribution in [1.29, 1.82) is 0 Å². The van der Waals surface area contributed by atoms with Gasteiger partial charge in [-0.1, -0.05) is 0 Å². The van der Waals surface area contributed by atoms with Gasteiger partial charge in [0.25, 0.3) is 0 Å². The van der Waals surface area contributed by atoms with Crippen molar-refractivity contribution in [3.05, 3.63) is 0 Å². The van der Waals surface area contributed by atoms with E-state index in [-0.39, 0.29) is 11.9 Å². The lowest BCUT2D eigenvalue weighted by Gasteiger charge is -2.36. The van der Waals surface area contributed by atoms with Crippen LogP contribution in [-0.2, 0) is 14.3 Å². The Balaban J connectivity index is 2.67. The Bertz CT molecular complexity index is 300. The second-order valence-corrected chi connectivity index (χ2v) is 6.54. The highest BCUT2D eigenvalue weighted by atomic mass is 16.6. The van der Waals surface area contributed by atoms with Crippen molar-refractivity contribution in [2.24, 2.45) is 11.3 Å². The number of ether oxygens (including phenoxy) is 1. The van der Waals surface area contributed by atoms with Gasteiger partial charge in [-0.15, -0.1) is 0 Å². The average Bonchev–Trinajstić information content (AvgIpc) is 2.15. The van der Waals surface area contributed by atoms with Gasteiger partial charge in [0.05, 0.1) is 5.41 Å². The Morgan fingerprint density at radius 2 is 1.59 bits per heavy atom. The molecule has 17 heavy (non-hydrogen) atoms. The maximum absolute atomic E-state index is 12.2. The molecule has 1 aliphatic rings. The number of Topliss-reactive ketones (excluding diaryl/α,β-unsaturated/α-hetero) is 1. The van der Waals surface area contributed by atoms with Gasteiger partial charge in [-0.25, -0.2) is 0 Å². The quantitative estimate of drug-likeness (QED) is 0.696. The molecule has 0 aromatic rings. The topological polar surface area (TPSA) is 43.4 Å². The molecule has 0 bridgehead atoms. The molecule has 98 valence electrons. The van der Waals surface area contributed by atoms with Gasteiger partial charge >= 0.3 is 5.97 Å². The number of hydrogen-bond donors (Lipinski definition) is 0. The van der Waals surface area contributed by atoms with Crippen molar-refractivity contribution in [1.82, 2.24) is 0 Å². The molecule has 3 nitrogen and oxygen atoms in total.